The number of aromatic nitrogens is 2. The minimum Gasteiger partial charge on any atom is -0.469 e. The van der Waals surface area contributed by atoms with Crippen LogP contribution in [0.3, 0.4) is 0 Å². The molecule has 0 saturated carbocycles. The summed E-state index contributed by atoms with van der Waals surface area (Å²) in [5.74, 6) is 1.28. The Morgan fingerprint density at radius 3 is 2.41 bits per heavy atom. The Balaban J connectivity index is 2.14. The van der Waals surface area contributed by atoms with E-state index in [0.29, 0.717) is 16.5 Å². The first-order chi connectivity index (χ1) is 10.4. The van der Waals surface area contributed by atoms with Crippen LogP contribution in [0.4, 0.5) is 0 Å². The number of rotatable bonds is 5. The van der Waals surface area contributed by atoms with Crippen LogP contribution in [0.15, 0.2) is 24.3 Å². The van der Waals surface area contributed by atoms with Gasteiger partial charge in [0.1, 0.15) is 5.82 Å². The predicted octanol–water partition coefficient (Wildman–Crippen LogP) is 4.13. The number of aryl methyl sites for hydroxylation is 1. The normalized spacial score (nSPS) is 10.8. The standard InChI is InChI=1S/C17H19ClN2O2/c1-10(2)16-19-12(4)11(3)17(20-16)22-9-15(21)13-5-7-14(18)8-6-13/h5-8,10H,9H2,1-4H3. The maximum absolute atomic E-state index is 12.1. The molecular weight excluding hydrogens is 300 g/mol. The van der Waals surface area contributed by atoms with Crippen molar-refractivity contribution in [3.05, 3.63) is 51.9 Å². The van der Waals surface area contributed by atoms with Gasteiger partial charge in [0, 0.05) is 27.8 Å². The second-order valence-electron chi connectivity index (χ2n) is 5.47. The van der Waals surface area contributed by atoms with E-state index < -0.39 is 0 Å². The highest BCUT2D eigenvalue weighted by atomic mass is 35.5. The van der Waals surface area contributed by atoms with Gasteiger partial charge < -0.3 is 4.74 Å². The third-order valence-electron chi connectivity index (χ3n) is 3.38. The zero-order valence-electron chi connectivity index (χ0n) is 13.2. The Morgan fingerprint density at radius 1 is 1.18 bits per heavy atom. The number of carbonyl (C=O) groups is 1. The maximum Gasteiger partial charge on any atom is 0.220 e. The number of benzene rings is 1. The summed E-state index contributed by atoms with van der Waals surface area (Å²) in [4.78, 5) is 21.0. The summed E-state index contributed by atoms with van der Waals surface area (Å²) >= 11 is 5.82. The van der Waals surface area contributed by atoms with E-state index in [0.717, 1.165) is 17.1 Å². The number of Topliss-reactive ketones (excluding diaryl/α,β-unsaturated/α-hetero) is 1. The zero-order chi connectivity index (χ0) is 16.3. The molecule has 0 unspecified atom stereocenters. The van der Waals surface area contributed by atoms with E-state index in [1.165, 1.54) is 0 Å². The van der Waals surface area contributed by atoms with Gasteiger partial charge in [0.05, 0.1) is 0 Å². The van der Waals surface area contributed by atoms with Crippen molar-refractivity contribution in [2.45, 2.75) is 33.6 Å². The zero-order valence-corrected chi connectivity index (χ0v) is 13.9. The van der Waals surface area contributed by atoms with Gasteiger partial charge >= 0.3 is 0 Å². The highest BCUT2D eigenvalue weighted by Crippen LogP contribution is 2.21. The van der Waals surface area contributed by atoms with Crippen LogP contribution >= 0.6 is 11.6 Å². The van der Waals surface area contributed by atoms with Gasteiger partial charge in [-0.2, -0.15) is 4.98 Å². The largest absolute Gasteiger partial charge is 0.469 e. The average molecular weight is 319 g/mol. The fourth-order valence-electron chi connectivity index (χ4n) is 1.88. The third-order valence-corrected chi connectivity index (χ3v) is 3.64. The maximum atomic E-state index is 12.1. The molecule has 2 aromatic rings. The molecular formula is C17H19ClN2O2. The SMILES string of the molecule is Cc1nc(C(C)C)nc(OCC(=O)c2ccc(Cl)cc2)c1C. The van der Waals surface area contributed by atoms with E-state index in [1.54, 1.807) is 24.3 Å². The molecule has 0 fully saturated rings. The molecule has 4 nitrogen and oxygen atoms in total. The van der Waals surface area contributed by atoms with Gasteiger partial charge in [0.2, 0.25) is 5.88 Å². The Bertz CT molecular complexity index is 682. The lowest BCUT2D eigenvalue weighted by Crippen LogP contribution is -2.14. The molecule has 0 amide bonds. The number of nitrogens with zero attached hydrogens (tertiary/aromatic N) is 2. The quantitative estimate of drug-likeness (QED) is 0.778. The summed E-state index contributed by atoms with van der Waals surface area (Å²) in [7, 11) is 0. The minimum absolute atomic E-state index is 0.0591. The molecule has 0 N–H and O–H groups in total. The van der Waals surface area contributed by atoms with Gasteiger partial charge in [0.15, 0.2) is 12.4 Å². The molecule has 5 heteroatoms. The van der Waals surface area contributed by atoms with Crippen molar-refractivity contribution in [2.75, 3.05) is 6.61 Å². The van der Waals surface area contributed by atoms with E-state index >= 15 is 0 Å². The summed E-state index contributed by atoms with van der Waals surface area (Å²) in [6, 6.07) is 6.74. The number of carbonyl (C=O) groups excluding carboxylic acids is 1. The van der Waals surface area contributed by atoms with Crippen LogP contribution in [0.5, 0.6) is 5.88 Å². The van der Waals surface area contributed by atoms with Crippen LogP contribution in [-0.4, -0.2) is 22.4 Å². The molecule has 0 radical (unpaired) electrons. The summed E-state index contributed by atoms with van der Waals surface area (Å²) in [6.07, 6.45) is 0. The van der Waals surface area contributed by atoms with Crippen LogP contribution in [0.1, 0.15) is 47.2 Å². The molecule has 1 aromatic heterocycles. The molecule has 1 aromatic carbocycles. The number of ketones is 1. The van der Waals surface area contributed by atoms with E-state index in [-0.39, 0.29) is 18.3 Å². The van der Waals surface area contributed by atoms with Crippen LogP contribution < -0.4 is 4.74 Å². The van der Waals surface area contributed by atoms with Crippen LogP contribution in [0.2, 0.25) is 5.02 Å². The van der Waals surface area contributed by atoms with Crippen molar-refractivity contribution in [3.63, 3.8) is 0 Å². The van der Waals surface area contributed by atoms with Crippen LogP contribution in [0, 0.1) is 13.8 Å². The molecule has 0 atom stereocenters. The highest BCUT2D eigenvalue weighted by molar-refractivity contribution is 6.30. The van der Waals surface area contributed by atoms with E-state index in [1.807, 2.05) is 27.7 Å². The minimum atomic E-state index is -0.113. The highest BCUT2D eigenvalue weighted by Gasteiger charge is 2.14. The molecule has 0 aliphatic rings. The monoisotopic (exact) mass is 318 g/mol. The Hall–Kier alpha value is -1.94. The molecule has 22 heavy (non-hydrogen) atoms. The van der Waals surface area contributed by atoms with Crippen molar-refractivity contribution in [3.8, 4) is 5.88 Å². The van der Waals surface area contributed by atoms with Crippen molar-refractivity contribution >= 4 is 17.4 Å². The fourth-order valence-corrected chi connectivity index (χ4v) is 2.00. The molecule has 0 bridgehead atoms. The summed E-state index contributed by atoms with van der Waals surface area (Å²) in [6.45, 7) is 7.79. The van der Waals surface area contributed by atoms with E-state index in [4.69, 9.17) is 16.3 Å². The first-order valence-corrected chi connectivity index (χ1v) is 7.53. The number of hydrogen-bond acceptors (Lipinski definition) is 4. The molecule has 116 valence electrons. The van der Waals surface area contributed by atoms with Crippen molar-refractivity contribution in [1.82, 2.24) is 9.97 Å². The average Bonchev–Trinajstić information content (AvgIpc) is 2.48. The van der Waals surface area contributed by atoms with Crippen molar-refractivity contribution in [1.29, 1.82) is 0 Å². The van der Waals surface area contributed by atoms with Gasteiger partial charge in [-0.05, 0) is 38.1 Å². The number of halogens is 1. The lowest BCUT2D eigenvalue weighted by atomic mass is 10.1. The van der Waals surface area contributed by atoms with Crippen molar-refractivity contribution in [2.24, 2.45) is 0 Å². The topological polar surface area (TPSA) is 52.1 Å². The first kappa shape index (κ1) is 16.4. The van der Waals surface area contributed by atoms with Gasteiger partial charge in [-0.15, -0.1) is 0 Å². The van der Waals surface area contributed by atoms with Crippen LogP contribution in [0.25, 0.3) is 0 Å². The second kappa shape index (κ2) is 6.88. The van der Waals surface area contributed by atoms with Gasteiger partial charge in [0.25, 0.3) is 0 Å². The third kappa shape index (κ3) is 3.83. The van der Waals surface area contributed by atoms with E-state index in [2.05, 4.69) is 9.97 Å². The molecule has 2 rings (SSSR count). The smallest absolute Gasteiger partial charge is 0.220 e. The Kier molecular flexibility index (Phi) is 5.14. The fraction of sp³-hybridized carbons (Fsp3) is 0.353. The van der Waals surface area contributed by atoms with Crippen LogP contribution in [-0.2, 0) is 0 Å². The molecule has 0 saturated heterocycles. The molecule has 1 heterocycles. The predicted molar refractivity (Wildman–Crippen MR) is 86.9 cm³/mol. The van der Waals surface area contributed by atoms with E-state index in [9.17, 15) is 4.79 Å². The number of ether oxygens (including phenoxy) is 1. The first-order valence-electron chi connectivity index (χ1n) is 7.15. The van der Waals surface area contributed by atoms with Gasteiger partial charge in [-0.1, -0.05) is 25.4 Å². The van der Waals surface area contributed by atoms with Gasteiger partial charge in [-0.3, -0.25) is 4.79 Å². The summed E-state index contributed by atoms with van der Waals surface area (Å²) < 4.78 is 5.62. The Morgan fingerprint density at radius 2 is 1.82 bits per heavy atom. The molecule has 0 aliphatic heterocycles. The number of hydrogen-bond donors (Lipinski definition) is 0. The molecule has 0 spiro atoms. The van der Waals surface area contributed by atoms with Crippen molar-refractivity contribution < 1.29 is 9.53 Å². The lowest BCUT2D eigenvalue weighted by molar-refractivity contribution is 0.0917. The molecule has 0 aliphatic carbocycles. The van der Waals surface area contributed by atoms with Gasteiger partial charge in [-0.25, -0.2) is 4.98 Å². The lowest BCUT2D eigenvalue weighted by Gasteiger charge is -2.12. The Labute approximate surface area is 135 Å². The summed E-state index contributed by atoms with van der Waals surface area (Å²) in [5, 5.41) is 0.598. The second-order valence-corrected chi connectivity index (χ2v) is 5.91. The summed E-state index contributed by atoms with van der Waals surface area (Å²) in [5.41, 5.74) is 2.29.